The molecule has 0 aliphatic rings. The lowest BCUT2D eigenvalue weighted by Gasteiger charge is -2.28. The van der Waals surface area contributed by atoms with Crippen LogP contribution in [0, 0.1) is 0 Å². The van der Waals surface area contributed by atoms with Crippen LogP contribution in [0.25, 0.3) is 0 Å². The Labute approximate surface area is 91.7 Å². The van der Waals surface area contributed by atoms with E-state index >= 15 is 0 Å². The molecule has 0 aliphatic heterocycles. The van der Waals surface area contributed by atoms with E-state index in [4.69, 9.17) is 33.1 Å². The van der Waals surface area contributed by atoms with Gasteiger partial charge in [-0.05, 0) is 12.8 Å². The Morgan fingerprint density at radius 1 is 1.08 bits per heavy atom. The van der Waals surface area contributed by atoms with Crippen molar-refractivity contribution in [3.63, 3.8) is 0 Å². The number of hydrogen-bond acceptors (Lipinski definition) is 4. The summed E-state index contributed by atoms with van der Waals surface area (Å²) in [5.41, 5.74) is -2.34. The Hall–Kier alpha value is 0.920. The molecule has 0 bridgehead atoms. The lowest BCUT2D eigenvalue weighted by molar-refractivity contribution is 0.253. The molecule has 5 heteroatoms. The normalized spacial score (nSPS) is 11.9. The van der Waals surface area contributed by atoms with Crippen LogP contribution in [0.3, 0.4) is 0 Å². The third-order valence-corrected chi connectivity index (χ3v) is 3.76. The zero-order valence-corrected chi connectivity index (χ0v) is 10.9. The molecule has 0 aromatic heterocycles. The smallest absolute Gasteiger partial charge is 0.0563 e. The fraction of sp³-hybridized carbons (Fsp3) is 1.00. The van der Waals surface area contributed by atoms with Crippen molar-refractivity contribution < 1.29 is 9.05 Å². The van der Waals surface area contributed by atoms with Gasteiger partial charge in [0.2, 0.25) is 0 Å². The van der Waals surface area contributed by atoms with Crippen LogP contribution in [0.15, 0.2) is 0 Å². The predicted molar refractivity (Wildman–Crippen MR) is 63.4 cm³/mol. The number of hydrogen-bond donors (Lipinski definition) is 0. The van der Waals surface area contributed by atoms with Crippen molar-refractivity contribution in [2.24, 2.45) is 0 Å². The monoisotopic (exact) mass is 241 g/mol. The van der Waals surface area contributed by atoms with Crippen molar-refractivity contribution >= 4 is 29.7 Å². The molecule has 0 amide bonds. The first-order valence-electron chi connectivity index (χ1n) is 4.72. The van der Waals surface area contributed by atoms with E-state index < -0.39 is 5.69 Å². The minimum atomic E-state index is -2.34. The molecule has 0 aromatic rings. The Morgan fingerprint density at radius 2 is 1.46 bits per heavy atom. The molecule has 0 unspecified atom stereocenters. The predicted octanol–water partition coefficient (Wildman–Crippen LogP) is 3.39. The van der Waals surface area contributed by atoms with Crippen LogP contribution in [-0.4, -0.2) is 13.2 Å². The van der Waals surface area contributed by atoms with Crippen molar-refractivity contribution in [1.29, 1.82) is 0 Å². The summed E-state index contributed by atoms with van der Waals surface area (Å²) in [7, 11) is 0. The molecule has 0 radical (unpaired) electrons. The Bertz CT molecular complexity index is 150. The second-order valence-corrected chi connectivity index (χ2v) is 7.81. The molecule has 0 heterocycles. The number of rotatable bonds is 8. The molecule has 0 saturated heterocycles. The highest BCUT2D eigenvalue weighted by molar-refractivity contribution is 8.51. The standard InChI is InChI=1S/C8H19O2PS2/c1-3-5-7-9-11(12,13)10-8-6-4-2/h3-8H2,1-2H3,(H,12,13)/p-1. The average molecular weight is 241 g/mol. The third kappa shape index (κ3) is 9.23. The van der Waals surface area contributed by atoms with Gasteiger partial charge in [-0.15, -0.1) is 0 Å². The quantitative estimate of drug-likeness (QED) is 0.368. The molecule has 0 aliphatic carbocycles. The van der Waals surface area contributed by atoms with E-state index in [9.17, 15) is 0 Å². The van der Waals surface area contributed by atoms with Crippen molar-refractivity contribution in [2.75, 3.05) is 13.2 Å². The van der Waals surface area contributed by atoms with Crippen molar-refractivity contribution in [1.82, 2.24) is 0 Å². The Morgan fingerprint density at radius 3 is 1.77 bits per heavy atom. The highest BCUT2D eigenvalue weighted by atomic mass is 32.9. The van der Waals surface area contributed by atoms with Gasteiger partial charge in [-0.3, -0.25) is 0 Å². The van der Waals surface area contributed by atoms with Gasteiger partial charge in [0.05, 0.1) is 18.9 Å². The van der Waals surface area contributed by atoms with Crippen LogP contribution in [0.1, 0.15) is 39.5 Å². The SMILES string of the molecule is CCCCOP(=S)([S-])OCCCC. The maximum atomic E-state index is 5.33. The fourth-order valence-electron chi connectivity index (χ4n) is 0.679. The maximum absolute atomic E-state index is 5.33. The lowest BCUT2D eigenvalue weighted by Crippen LogP contribution is -1.96. The first-order valence-corrected chi connectivity index (χ1v) is 8.37. The zero-order valence-electron chi connectivity index (χ0n) is 8.32. The summed E-state index contributed by atoms with van der Waals surface area (Å²) >= 11 is 10.1. The molecule has 0 rings (SSSR count). The Balaban J connectivity index is 3.49. The molecular weight excluding hydrogens is 223 g/mol. The van der Waals surface area contributed by atoms with Crippen LogP contribution in [0.4, 0.5) is 0 Å². The van der Waals surface area contributed by atoms with Gasteiger partial charge in [0.25, 0.3) is 0 Å². The third-order valence-electron chi connectivity index (χ3n) is 1.49. The van der Waals surface area contributed by atoms with Gasteiger partial charge in [-0.2, -0.15) is 0 Å². The summed E-state index contributed by atoms with van der Waals surface area (Å²) in [6.07, 6.45) is 4.21. The van der Waals surface area contributed by atoms with Crippen LogP contribution >= 0.6 is 5.69 Å². The van der Waals surface area contributed by atoms with Gasteiger partial charge in [-0.1, -0.05) is 38.5 Å². The second-order valence-electron chi connectivity index (χ2n) is 2.82. The zero-order chi connectivity index (χ0) is 10.2. The van der Waals surface area contributed by atoms with Crippen molar-refractivity contribution in [3.05, 3.63) is 0 Å². The summed E-state index contributed by atoms with van der Waals surface area (Å²) in [6, 6.07) is 0. The highest BCUT2D eigenvalue weighted by Crippen LogP contribution is 2.46. The summed E-state index contributed by atoms with van der Waals surface area (Å²) in [5.74, 6) is 0. The summed E-state index contributed by atoms with van der Waals surface area (Å²) in [6.45, 7) is 5.50. The van der Waals surface area contributed by atoms with Crippen molar-refractivity contribution in [3.8, 4) is 0 Å². The van der Waals surface area contributed by atoms with Crippen LogP contribution in [0.2, 0.25) is 0 Å². The van der Waals surface area contributed by atoms with E-state index in [0.29, 0.717) is 13.2 Å². The molecule has 0 spiro atoms. The van der Waals surface area contributed by atoms with Gasteiger partial charge in [0.15, 0.2) is 0 Å². The molecule has 0 N–H and O–H groups in total. The largest absolute Gasteiger partial charge is 0.691 e. The number of unbranched alkanes of at least 4 members (excludes halogenated alkanes) is 2. The lowest BCUT2D eigenvalue weighted by atomic mass is 10.4. The van der Waals surface area contributed by atoms with Gasteiger partial charge in [0, 0.05) is 0 Å². The van der Waals surface area contributed by atoms with E-state index in [1.54, 1.807) is 0 Å². The minimum Gasteiger partial charge on any atom is -0.691 e. The molecule has 80 valence electrons. The van der Waals surface area contributed by atoms with Crippen LogP contribution in [-0.2, 0) is 33.1 Å². The van der Waals surface area contributed by atoms with Gasteiger partial charge >= 0.3 is 0 Å². The highest BCUT2D eigenvalue weighted by Gasteiger charge is 2.00. The molecule has 13 heavy (non-hydrogen) atoms. The molecule has 0 atom stereocenters. The topological polar surface area (TPSA) is 18.5 Å². The van der Waals surface area contributed by atoms with Gasteiger partial charge in [0.1, 0.15) is 0 Å². The first kappa shape index (κ1) is 13.9. The summed E-state index contributed by atoms with van der Waals surface area (Å²) in [4.78, 5) is 0. The molecule has 0 aromatic carbocycles. The summed E-state index contributed by atoms with van der Waals surface area (Å²) < 4.78 is 10.7. The van der Waals surface area contributed by atoms with Crippen LogP contribution in [0.5, 0.6) is 0 Å². The van der Waals surface area contributed by atoms with Gasteiger partial charge in [-0.25, -0.2) is 0 Å². The van der Waals surface area contributed by atoms with Gasteiger partial charge < -0.3 is 21.3 Å². The maximum Gasteiger partial charge on any atom is 0.0563 e. The Kier molecular flexibility index (Phi) is 8.83. The van der Waals surface area contributed by atoms with E-state index in [0.717, 1.165) is 25.7 Å². The van der Waals surface area contributed by atoms with E-state index in [2.05, 4.69) is 13.8 Å². The van der Waals surface area contributed by atoms with Crippen LogP contribution < -0.4 is 0 Å². The molecular formula is C8H18O2PS2-. The van der Waals surface area contributed by atoms with E-state index in [1.807, 2.05) is 0 Å². The van der Waals surface area contributed by atoms with E-state index in [-0.39, 0.29) is 0 Å². The minimum absolute atomic E-state index is 0.642. The summed E-state index contributed by atoms with van der Waals surface area (Å²) in [5, 5.41) is 0. The molecule has 2 nitrogen and oxygen atoms in total. The molecule has 0 saturated carbocycles. The second kappa shape index (κ2) is 8.25. The first-order chi connectivity index (χ1) is 6.12. The molecule has 0 fully saturated rings. The van der Waals surface area contributed by atoms with Crippen molar-refractivity contribution in [2.45, 2.75) is 39.5 Å². The average Bonchev–Trinajstić information content (AvgIpc) is 2.05. The van der Waals surface area contributed by atoms with E-state index in [1.165, 1.54) is 0 Å². The fourth-order valence-corrected chi connectivity index (χ4v) is 2.35.